The summed E-state index contributed by atoms with van der Waals surface area (Å²) in [4.78, 5) is 25.8. The van der Waals surface area contributed by atoms with Gasteiger partial charge in [-0.1, -0.05) is 30.3 Å². The first-order valence-corrected chi connectivity index (χ1v) is 8.58. The molecule has 120 valence electrons. The molecule has 0 saturated heterocycles. The van der Waals surface area contributed by atoms with Crippen molar-refractivity contribution in [1.82, 2.24) is 5.32 Å². The fourth-order valence-corrected chi connectivity index (χ4v) is 3.89. The zero-order valence-electron chi connectivity index (χ0n) is 13.0. The van der Waals surface area contributed by atoms with Gasteiger partial charge in [-0.3, -0.25) is 4.79 Å². The summed E-state index contributed by atoms with van der Waals surface area (Å²) in [6.07, 6.45) is 3.24. The number of carbonyl (C=O) groups excluding carboxylic acids is 2. The summed E-state index contributed by atoms with van der Waals surface area (Å²) < 4.78 is 5.12. The minimum absolute atomic E-state index is 0.118. The zero-order chi connectivity index (χ0) is 16.2. The van der Waals surface area contributed by atoms with E-state index in [9.17, 15) is 9.59 Å². The third kappa shape index (κ3) is 3.79. The van der Waals surface area contributed by atoms with Gasteiger partial charge in [0.05, 0.1) is 6.04 Å². The predicted octanol–water partition coefficient (Wildman–Crippen LogP) is 3.27. The first-order chi connectivity index (χ1) is 11.1. The average molecular weight is 329 g/mol. The van der Waals surface area contributed by atoms with E-state index in [-0.39, 0.29) is 18.6 Å². The Labute approximate surface area is 139 Å². The number of benzene rings is 1. The summed E-state index contributed by atoms with van der Waals surface area (Å²) in [5, 5.41) is 2.83. The highest BCUT2D eigenvalue weighted by Crippen LogP contribution is 2.30. The standard InChI is InChI=1S/C18H19NO3S/c1-12(13-6-3-2-4-7-13)19-17(20)11-22-18(21)16-10-14-8-5-9-15(14)23-16/h2-4,6-7,10,12H,5,8-9,11H2,1H3,(H,19,20). The number of hydrogen-bond acceptors (Lipinski definition) is 4. The summed E-state index contributed by atoms with van der Waals surface area (Å²) in [6.45, 7) is 1.65. The monoisotopic (exact) mass is 329 g/mol. The zero-order valence-corrected chi connectivity index (χ0v) is 13.8. The normalized spacial score (nSPS) is 14.1. The van der Waals surface area contributed by atoms with Gasteiger partial charge in [0, 0.05) is 4.88 Å². The maximum Gasteiger partial charge on any atom is 0.348 e. The molecule has 0 saturated carbocycles. The molecule has 0 bridgehead atoms. The van der Waals surface area contributed by atoms with Gasteiger partial charge in [0.1, 0.15) is 4.88 Å². The summed E-state index contributed by atoms with van der Waals surface area (Å²) >= 11 is 1.49. The van der Waals surface area contributed by atoms with Crippen molar-refractivity contribution < 1.29 is 14.3 Å². The van der Waals surface area contributed by atoms with Crippen molar-refractivity contribution in [3.05, 3.63) is 57.3 Å². The van der Waals surface area contributed by atoms with Crippen LogP contribution in [-0.2, 0) is 22.4 Å². The van der Waals surface area contributed by atoms with Crippen LogP contribution in [0.15, 0.2) is 36.4 Å². The van der Waals surface area contributed by atoms with E-state index in [1.54, 1.807) is 0 Å². The number of carbonyl (C=O) groups is 2. The number of esters is 1. The van der Waals surface area contributed by atoms with Crippen LogP contribution in [0.5, 0.6) is 0 Å². The van der Waals surface area contributed by atoms with Gasteiger partial charge in [-0.25, -0.2) is 4.79 Å². The number of ether oxygens (including phenoxy) is 1. The van der Waals surface area contributed by atoms with Crippen LogP contribution in [0.2, 0.25) is 0 Å². The van der Waals surface area contributed by atoms with Gasteiger partial charge >= 0.3 is 5.97 Å². The average Bonchev–Trinajstić information content (AvgIpc) is 3.15. The molecule has 3 rings (SSSR count). The summed E-state index contributed by atoms with van der Waals surface area (Å²) in [7, 11) is 0. The molecule has 1 amide bonds. The number of fused-ring (bicyclic) bond motifs is 1. The molecule has 1 heterocycles. The molecule has 1 aliphatic rings. The Morgan fingerprint density at radius 3 is 2.78 bits per heavy atom. The number of nitrogens with one attached hydrogen (secondary N) is 1. The quantitative estimate of drug-likeness (QED) is 0.857. The second-order valence-corrected chi connectivity index (χ2v) is 6.83. The van der Waals surface area contributed by atoms with Gasteiger partial charge < -0.3 is 10.1 Å². The van der Waals surface area contributed by atoms with E-state index < -0.39 is 5.97 Å². The van der Waals surface area contributed by atoms with Crippen LogP contribution in [0, 0.1) is 0 Å². The summed E-state index contributed by atoms with van der Waals surface area (Å²) in [5.41, 5.74) is 2.27. The highest BCUT2D eigenvalue weighted by atomic mass is 32.1. The van der Waals surface area contributed by atoms with E-state index in [4.69, 9.17) is 4.74 Å². The lowest BCUT2D eigenvalue weighted by Gasteiger charge is -2.14. The van der Waals surface area contributed by atoms with Crippen molar-refractivity contribution in [2.24, 2.45) is 0 Å². The number of amides is 1. The van der Waals surface area contributed by atoms with Gasteiger partial charge in [-0.15, -0.1) is 11.3 Å². The van der Waals surface area contributed by atoms with Gasteiger partial charge in [0.25, 0.3) is 5.91 Å². The van der Waals surface area contributed by atoms with Crippen molar-refractivity contribution >= 4 is 23.2 Å². The van der Waals surface area contributed by atoms with Crippen LogP contribution in [0.4, 0.5) is 0 Å². The molecule has 1 aromatic carbocycles. The van der Waals surface area contributed by atoms with Gasteiger partial charge in [0.2, 0.25) is 0 Å². The topological polar surface area (TPSA) is 55.4 Å². The molecule has 0 fully saturated rings. The van der Waals surface area contributed by atoms with Crippen molar-refractivity contribution in [1.29, 1.82) is 0 Å². The van der Waals surface area contributed by atoms with Crippen LogP contribution in [0.25, 0.3) is 0 Å². The molecule has 0 spiro atoms. The molecule has 23 heavy (non-hydrogen) atoms. The number of aryl methyl sites for hydroxylation is 2. The van der Waals surface area contributed by atoms with E-state index in [1.165, 1.54) is 21.8 Å². The number of hydrogen-bond donors (Lipinski definition) is 1. The Balaban J connectivity index is 1.49. The Morgan fingerprint density at radius 2 is 2.04 bits per heavy atom. The molecular formula is C18H19NO3S. The molecule has 5 heteroatoms. The van der Waals surface area contributed by atoms with Crippen molar-refractivity contribution in [3.8, 4) is 0 Å². The lowest BCUT2D eigenvalue weighted by Crippen LogP contribution is -2.31. The summed E-state index contributed by atoms with van der Waals surface area (Å²) in [5.74, 6) is -0.703. The first kappa shape index (κ1) is 15.7. The van der Waals surface area contributed by atoms with E-state index in [2.05, 4.69) is 5.32 Å². The van der Waals surface area contributed by atoms with E-state index >= 15 is 0 Å². The van der Waals surface area contributed by atoms with Crippen LogP contribution < -0.4 is 5.32 Å². The van der Waals surface area contributed by atoms with E-state index in [0.717, 1.165) is 24.8 Å². The van der Waals surface area contributed by atoms with Crippen LogP contribution in [0.1, 0.15) is 45.1 Å². The molecule has 0 aliphatic heterocycles. The van der Waals surface area contributed by atoms with E-state index in [0.29, 0.717) is 4.88 Å². The highest BCUT2D eigenvalue weighted by Gasteiger charge is 2.20. The second-order valence-electron chi connectivity index (χ2n) is 5.69. The molecular weight excluding hydrogens is 310 g/mol. The molecule has 1 aromatic heterocycles. The van der Waals surface area contributed by atoms with Gasteiger partial charge in [-0.2, -0.15) is 0 Å². The third-order valence-corrected chi connectivity index (χ3v) is 5.18. The predicted molar refractivity (Wildman–Crippen MR) is 89.6 cm³/mol. The number of thiophene rings is 1. The highest BCUT2D eigenvalue weighted by molar-refractivity contribution is 7.14. The van der Waals surface area contributed by atoms with Crippen molar-refractivity contribution in [3.63, 3.8) is 0 Å². The minimum atomic E-state index is -0.410. The van der Waals surface area contributed by atoms with Gasteiger partial charge in [-0.05, 0) is 43.4 Å². The Bertz CT molecular complexity index is 687. The molecule has 2 aromatic rings. The Hall–Kier alpha value is -2.14. The van der Waals surface area contributed by atoms with Crippen LogP contribution in [-0.4, -0.2) is 18.5 Å². The maximum absolute atomic E-state index is 12.0. The third-order valence-electron chi connectivity index (χ3n) is 3.96. The lowest BCUT2D eigenvalue weighted by molar-refractivity contribution is -0.124. The first-order valence-electron chi connectivity index (χ1n) is 7.76. The number of rotatable bonds is 5. The Kier molecular flexibility index (Phi) is 4.76. The second kappa shape index (κ2) is 6.96. The molecule has 1 aliphatic carbocycles. The fraction of sp³-hybridized carbons (Fsp3) is 0.333. The molecule has 0 radical (unpaired) electrons. The molecule has 4 nitrogen and oxygen atoms in total. The fourth-order valence-electron chi connectivity index (χ4n) is 2.74. The van der Waals surface area contributed by atoms with Crippen LogP contribution in [0.3, 0.4) is 0 Å². The minimum Gasteiger partial charge on any atom is -0.451 e. The van der Waals surface area contributed by atoms with Crippen molar-refractivity contribution in [2.75, 3.05) is 6.61 Å². The van der Waals surface area contributed by atoms with Gasteiger partial charge in [0.15, 0.2) is 6.61 Å². The molecule has 1 unspecified atom stereocenters. The molecule has 1 atom stereocenters. The van der Waals surface area contributed by atoms with Crippen LogP contribution >= 0.6 is 11.3 Å². The maximum atomic E-state index is 12.0. The SMILES string of the molecule is CC(NC(=O)COC(=O)c1cc2c(s1)CCC2)c1ccccc1. The van der Waals surface area contributed by atoms with E-state index in [1.807, 2.05) is 43.3 Å². The molecule has 1 N–H and O–H groups in total. The lowest BCUT2D eigenvalue weighted by atomic mass is 10.1. The Morgan fingerprint density at radius 1 is 1.26 bits per heavy atom. The smallest absolute Gasteiger partial charge is 0.348 e. The summed E-state index contributed by atoms with van der Waals surface area (Å²) in [6, 6.07) is 11.5. The largest absolute Gasteiger partial charge is 0.451 e. The van der Waals surface area contributed by atoms with Crippen molar-refractivity contribution in [2.45, 2.75) is 32.2 Å².